The van der Waals surface area contributed by atoms with E-state index in [1.54, 1.807) is 0 Å². The lowest BCUT2D eigenvalue weighted by atomic mass is 10.1. The van der Waals surface area contributed by atoms with Gasteiger partial charge in [-0.25, -0.2) is 14.6 Å². The number of amides is 1. The summed E-state index contributed by atoms with van der Waals surface area (Å²) in [6, 6.07) is 7.62. The molecule has 5 rings (SSSR count). The predicted octanol–water partition coefficient (Wildman–Crippen LogP) is 4.31. The van der Waals surface area contributed by atoms with Crippen LogP contribution in [0.1, 0.15) is 43.6 Å². The second kappa shape index (κ2) is 8.70. The van der Waals surface area contributed by atoms with Crippen LogP contribution in [0.25, 0.3) is 16.7 Å². The van der Waals surface area contributed by atoms with Gasteiger partial charge >= 0.3 is 0 Å². The van der Waals surface area contributed by atoms with Gasteiger partial charge in [0.25, 0.3) is 0 Å². The van der Waals surface area contributed by atoms with Crippen LogP contribution >= 0.6 is 11.6 Å². The molecule has 1 aliphatic heterocycles. The van der Waals surface area contributed by atoms with Crippen LogP contribution in [0, 0.1) is 19.8 Å². The van der Waals surface area contributed by atoms with Crippen molar-refractivity contribution in [2.24, 2.45) is 5.92 Å². The first-order valence-corrected chi connectivity index (χ1v) is 11.9. The molecule has 168 valence electrons. The summed E-state index contributed by atoms with van der Waals surface area (Å²) in [6.07, 6.45) is 5.41. The van der Waals surface area contributed by atoms with E-state index >= 15 is 0 Å². The largest absolute Gasteiger partial charge is 0.354 e. The number of nitrogens with zero attached hydrogens (tertiary/aromatic N) is 6. The van der Waals surface area contributed by atoms with E-state index in [9.17, 15) is 4.79 Å². The summed E-state index contributed by atoms with van der Waals surface area (Å²) in [5, 5.41) is 6.45. The van der Waals surface area contributed by atoms with E-state index in [4.69, 9.17) is 26.7 Å². The summed E-state index contributed by atoms with van der Waals surface area (Å²) in [5.41, 5.74) is 2.62. The van der Waals surface area contributed by atoms with Gasteiger partial charge in [0.15, 0.2) is 5.65 Å². The molecule has 2 fully saturated rings. The Labute approximate surface area is 193 Å². The molecular formula is C24H29ClN6O. The Morgan fingerprint density at radius 3 is 2.47 bits per heavy atom. The van der Waals surface area contributed by atoms with Gasteiger partial charge in [-0.2, -0.15) is 5.10 Å². The molecule has 1 aromatic carbocycles. The number of rotatable bonds is 3. The molecule has 0 bridgehead atoms. The van der Waals surface area contributed by atoms with Crippen molar-refractivity contribution in [2.75, 3.05) is 31.1 Å². The third-order valence-corrected chi connectivity index (χ3v) is 6.93. The number of hydrogen-bond acceptors (Lipinski definition) is 5. The van der Waals surface area contributed by atoms with E-state index in [-0.39, 0.29) is 5.92 Å². The normalized spacial score (nSPS) is 17.8. The number of aromatic nitrogens is 4. The molecule has 0 spiro atoms. The minimum atomic E-state index is 0.231. The van der Waals surface area contributed by atoms with Gasteiger partial charge in [-0.15, -0.1) is 0 Å². The fourth-order valence-electron chi connectivity index (χ4n) is 5.04. The molecule has 0 atom stereocenters. The Bertz CT molecular complexity index is 1140. The van der Waals surface area contributed by atoms with E-state index in [1.165, 1.54) is 12.8 Å². The van der Waals surface area contributed by atoms with Gasteiger partial charge in [-0.3, -0.25) is 4.79 Å². The minimum Gasteiger partial charge on any atom is -0.354 e. The Hall–Kier alpha value is -2.67. The third-order valence-electron chi connectivity index (χ3n) is 6.68. The van der Waals surface area contributed by atoms with Crippen molar-refractivity contribution in [1.29, 1.82) is 0 Å². The van der Waals surface area contributed by atoms with Crippen molar-refractivity contribution < 1.29 is 4.79 Å². The van der Waals surface area contributed by atoms with Crippen molar-refractivity contribution in [3.8, 4) is 5.69 Å². The Balaban J connectivity index is 1.46. The summed E-state index contributed by atoms with van der Waals surface area (Å²) in [6.45, 7) is 7.13. The average molecular weight is 453 g/mol. The first kappa shape index (κ1) is 21.2. The summed E-state index contributed by atoms with van der Waals surface area (Å²) in [5.74, 6) is 2.21. The second-order valence-electron chi connectivity index (χ2n) is 8.91. The van der Waals surface area contributed by atoms with Gasteiger partial charge in [0.2, 0.25) is 5.91 Å². The molecule has 0 unspecified atom stereocenters. The molecule has 0 radical (unpaired) electrons. The van der Waals surface area contributed by atoms with Crippen molar-refractivity contribution in [2.45, 2.75) is 46.0 Å². The maximum atomic E-state index is 13.0. The second-order valence-corrected chi connectivity index (χ2v) is 9.35. The maximum absolute atomic E-state index is 13.0. The number of hydrogen-bond donors (Lipinski definition) is 0. The highest BCUT2D eigenvalue weighted by molar-refractivity contribution is 6.30. The number of carbonyl (C=O) groups is 1. The molecule has 8 heteroatoms. The smallest absolute Gasteiger partial charge is 0.225 e. The summed E-state index contributed by atoms with van der Waals surface area (Å²) in [7, 11) is 0. The van der Waals surface area contributed by atoms with Crippen LogP contribution in [0.2, 0.25) is 5.02 Å². The standard InChI is InChI=1S/C24H29ClN6O/c1-16-21-22(29-12-5-13-30(15-14-29)24(32)18-6-3-4-7-18)26-17(2)27-23(21)31(28-16)20-10-8-19(25)9-11-20/h8-11,18H,3-7,12-15H2,1-2H3. The summed E-state index contributed by atoms with van der Waals surface area (Å²) >= 11 is 6.08. The van der Waals surface area contributed by atoms with Crippen LogP contribution in [-0.4, -0.2) is 56.7 Å². The number of aryl methyl sites for hydroxylation is 2. The highest BCUT2D eigenvalue weighted by Gasteiger charge is 2.29. The summed E-state index contributed by atoms with van der Waals surface area (Å²) in [4.78, 5) is 26.9. The van der Waals surface area contributed by atoms with Crippen molar-refractivity contribution in [1.82, 2.24) is 24.6 Å². The zero-order valence-corrected chi connectivity index (χ0v) is 19.5. The fourth-order valence-corrected chi connectivity index (χ4v) is 5.17. The van der Waals surface area contributed by atoms with E-state index in [1.807, 2.05) is 42.8 Å². The van der Waals surface area contributed by atoms with E-state index in [2.05, 4.69) is 9.80 Å². The SMILES string of the molecule is Cc1nc(N2CCCN(C(=O)C3CCCC3)CC2)c2c(C)nn(-c3ccc(Cl)cc3)c2n1. The van der Waals surface area contributed by atoms with Crippen molar-refractivity contribution in [3.63, 3.8) is 0 Å². The first-order valence-electron chi connectivity index (χ1n) is 11.5. The lowest BCUT2D eigenvalue weighted by Crippen LogP contribution is -2.38. The quantitative estimate of drug-likeness (QED) is 0.592. The van der Waals surface area contributed by atoms with Gasteiger partial charge in [0.05, 0.1) is 16.8 Å². The zero-order chi connectivity index (χ0) is 22.2. The molecular weight excluding hydrogens is 424 g/mol. The molecule has 3 heterocycles. The Morgan fingerprint density at radius 2 is 1.72 bits per heavy atom. The van der Waals surface area contributed by atoms with Gasteiger partial charge < -0.3 is 9.80 Å². The summed E-state index contributed by atoms with van der Waals surface area (Å²) < 4.78 is 1.87. The van der Waals surface area contributed by atoms with E-state index in [0.29, 0.717) is 16.8 Å². The van der Waals surface area contributed by atoms with Crippen LogP contribution in [-0.2, 0) is 4.79 Å². The minimum absolute atomic E-state index is 0.231. The number of fused-ring (bicyclic) bond motifs is 1. The number of halogens is 1. The number of anilines is 1. The van der Waals surface area contributed by atoms with Crippen LogP contribution in [0.4, 0.5) is 5.82 Å². The number of benzene rings is 1. The highest BCUT2D eigenvalue weighted by atomic mass is 35.5. The van der Waals surface area contributed by atoms with Crippen LogP contribution in [0.5, 0.6) is 0 Å². The first-order chi connectivity index (χ1) is 15.5. The Morgan fingerprint density at radius 1 is 0.969 bits per heavy atom. The number of carbonyl (C=O) groups excluding carboxylic acids is 1. The highest BCUT2D eigenvalue weighted by Crippen LogP contribution is 2.31. The van der Waals surface area contributed by atoms with Gasteiger partial charge in [-0.05, 0) is 57.4 Å². The molecule has 0 N–H and O–H groups in total. The maximum Gasteiger partial charge on any atom is 0.225 e. The van der Waals surface area contributed by atoms with Crippen molar-refractivity contribution >= 4 is 34.4 Å². The fraction of sp³-hybridized carbons (Fsp3) is 0.500. The Kier molecular flexibility index (Phi) is 5.76. The van der Waals surface area contributed by atoms with Gasteiger partial charge in [0.1, 0.15) is 11.6 Å². The van der Waals surface area contributed by atoms with Crippen LogP contribution in [0.3, 0.4) is 0 Å². The third kappa shape index (κ3) is 3.94. The molecule has 1 saturated heterocycles. The molecule has 3 aromatic rings. The average Bonchev–Trinajstić information content (AvgIpc) is 3.35. The monoisotopic (exact) mass is 452 g/mol. The molecule has 2 aromatic heterocycles. The van der Waals surface area contributed by atoms with Crippen LogP contribution < -0.4 is 4.90 Å². The molecule has 7 nitrogen and oxygen atoms in total. The molecule has 32 heavy (non-hydrogen) atoms. The van der Waals surface area contributed by atoms with Crippen molar-refractivity contribution in [3.05, 3.63) is 40.8 Å². The van der Waals surface area contributed by atoms with E-state index < -0.39 is 0 Å². The van der Waals surface area contributed by atoms with Gasteiger partial charge in [0, 0.05) is 37.1 Å². The predicted molar refractivity (Wildman–Crippen MR) is 127 cm³/mol. The molecule has 1 amide bonds. The zero-order valence-electron chi connectivity index (χ0n) is 18.7. The lowest BCUT2D eigenvalue weighted by molar-refractivity contribution is -0.135. The molecule has 2 aliphatic rings. The molecule has 1 aliphatic carbocycles. The van der Waals surface area contributed by atoms with Crippen LogP contribution in [0.15, 0.2) is 24.3 Å². The topological polar surface area (TPSA) is 67.2 Å². The van der Waals surface area contributed by atoms with Gasteiger partial charge in [-0.1, -0.05) is 24.4 Å². The molecule has 1 saturated carbocycles. The lowest BCUT2D eigenvalue weighted by Gasteiger charge is -2.25. The van der Waals surface area contributed by atoms with E-state index in [0.717, 1.165) is 73.7 Å².